The van der Waals surface area contributed by atoms with Crippen LogP contribution in [0.15, 0.2) is 18.2 Å². The Hall–Kier alpha value is -0.570. The van der Waals surface area contributed by atoms with E-state index in [-0.39, 0.29) is 0 Å². The summed E-state index contributed by atoms with van der Waals surface area (Å²) in [4.78, 5) is 0. The van der Waals surface area contributed by atoms with Crippen molar-refractivity contribution in [1.82, 2.24) is 10.4 Å². The number of halogens is 1. The summed E-state index contributed by atoms with van der Waals surface area (Å²) in [5.74, 6) is 0. The van der Waals surface area contributed by atoms with Gasteiger partial charge in [-0.2, -0.15) is 0 Å². The number of benzene rings is 1. The molecular formula is C10H15ClN2. The van der Waals surface area contributed by atoms with Crippen LogP contribution in [0.2, 0.25) is 5.02 Å². The van der Waals surface area contributed by atoms with Gasteiger partial charge in [-0.15, -0.1) is 0 Å². The predicted molar refractivity (Wildman–Crippen MR) is 56.7 cm³/mol. The number of rotatable bonds is 3. The molecule has 0 aromatic heterocycles. The number of nitrogens with zero attached hydrogens (tertiary/aromatic N) is 1. The number of hydrogen-bond donors (Lipinski definition) is 1. The molecule has 0 saturated heterocycles. The average Bonchev–Trinajstić information content (AvgIpc) is 2.02. The number of aryl methyl sites for hydroxylation is 1. The summed E-state index contributed by atoms with van der Waals surface area (Å²) in [5.41, 5.74) is 5.49. The minimum absolute atomic E-state index is 0.770. The van der Waals surface area contributed by atoms with Crippen molar-refractivity contribution < 1.29 is 0 Å². The SMILES string of the molecule is Cc1ccc(CNN(C)C)c(Cl)c1. The molecule has 0 heterocycles. The highest BCUT2D eigenvalue weighted by molar-refractivity contribution is 6.31. The van der Waals surface area contributed by atoms with Gasteiger partial charge in [0.2, 0.25) is 0 Å². The lowest BCUT2D eigenvalue weighted by Gasteiger charge is -2.12. The van der Waals surface area contributed by atoms with Gasteiger partial charge in [-0.25, -0.2) is 0 Å². The van der Waals surface area contributed by atoms with Crippen LogP contribution in [0.4, 0.5) is 0 Å². The Morgan fingerprint density at radius 1 is 1.38 bits per heavy atom. The lowest BCUT2D eigenvalue weighted by Crippen LogP contribution is -2.29. The van der Waals surface area contributed by atoms with Gasteiger partial charge in [0, 0.05) is 25.7 Å². The zero-order valence-electron chi connectivity index (χ0n) is 8.26. The van der Waals surface area contributed by atoms with Crippen LogP contribution in [-0.2, 0) is 6.54 Å². The van der Waals surface area contributed by atoms with E-state index in [2.05, 4.69) is 11.5 Å². The van der Waals surface area contributed by atoms with Crippen LogP contribution in [0.1, 0.15) is 11.1 Å². The predicted octanol–water partition coefficient (Wildman–Crippen LogP) is 2.21. The van der Waals surface area contributed by atoms with E-state index in [1.54, 1.807) is 0 Å². The molecule has 0 aliphatic rings. The number of nitrogens with one attached hydrogen (secondary N) is 1. The summed E-state index contributed by atoms with van der Waals surface area (Å²) in [6.07, 6.45) is 0. The van der Waals surface area contributed by atoms with Crippen LogP contribution < -0.4 is 5.43 Å². The van der Waals surface area contributed by atoms with Gasteiger partial charge in [0.05, 0.1) is 0 Å². The first-order valence-electron chi connectivity index (χ1n) is 4.25. The van der Waals surface area contributed by atoms with E-state index in [0.29, 0.717) is 0 Å². The fourth-order valence-electron chi connectivity index (χ4n) is 1.04. The van der Waals surface area contributed by atoms with Crippen LogP contribution in [0, 0.1) is 6.92 Å². The van der Waals surface area contributed by atoms with Gasteiger partial charge in [-0.05, 0) is 24.1 Å². The van der Waals surface area contributed by atoms with Gasteiger partial charge >= 0.3 is 0 Å². The first-order valence-corrected chi connectivity index (χ1v) is 4.63. The molecule has 0 fully saturated rings. The Balaban J connectivity index is 2.67. The van der Waals surface area contributed by atoms with Crippen molar-refractivity contribution in [3.05, 3.63) is 34.3 Å². The largest absolute Gasteiger partial charge is 0.251 e. The topological polar surface area (TPSA) is 15.3 Å². The van der Waals surface area contributed by atoms with Crippen molar-refractivity contribution in [1.29, 1.82) is 0 Å². The van der Waals surface area contributed by atoms with Crippen LogP contribution in [0.25, 0.3) is 0 Å². The van der Waals surface area contributed by atoms with E-state index in [9.17, 15) is 0 Å². The fourth-order valence-corrected chi connectivity index (χ4v) is 1.34. The van der Waals surface area contributed by atoms with Gasteiger partial charge < -0.3 is 0 Å². The quantitative estimate of drug-likeness (QED) is 0.750. The molecule has 1 aromatic carbocycles. The Kier molecular flexibility index (Phi) is 3.72. The van der Waals surface area contributed by atoms with Gasteiger partial charge in [0.1, 0.15) is 0 Å². The van der Waals surface area contributed by atoms with Gasteiger partial charge in [0.15, 0.2) is 0 Å². The van der Waals surface area contributed by atoms with Crippen LogP contribution in [-0.4, -0.2) is 19.1 Å². The van der Waals surface area contributed by atoms with Crippen LogP contribution in [0.5, 0.6) is 0 Å². The van der Waals surface area contributed by atoms with Crippen molar-refractivity contribution in [2.45, 2.75) is 13.5 Å². The summed E-state index contributed by atoms with van der Waals surface area (Å²) < 4.78 is 0. The molecule has 0 saturated carbocycles. The standard InChI is InChI=1S/C10H15ClN2/c1-8-4-5-9(10(11)6-8)7-12-13(2)3/h4-6,12H,7H2,1-3H3. The van der Waals surface area contributed by atoms with Crippen molar-refractivity contribution in [2.24, 2.45) is 0 Å². The number of hydrogen-bond acceptors (Lipinski definition) is 2. The summed E-state index contributed by atoms with van der Waals surface area (Å²) in [5, 5.41) is 2.74. The molecule has 72 valence electrons. The third kappa shape index (κ3) is 3.35. The molecule has 0 aliphatic carbocycles. The maximum atomic E-state index is 6.05. The molecule has 1 N–H and O–H groups in total. The molecule has 1 aromatic rings. The van der Waals surface area contributed by atoms with E-state index in [0.717, 1.165) is 17.1 Å². The van der Waals surface area contributed by atoms with Gasteiger partial charge in [0.25, 0.3) is 0 Å². The monoisotopic (exact) mass is 198 g/mol. The molecule has 0 radical (unpaired) electrons. The minimum atomic E-state index is 0.770. The highest BCUT2D eigenvalue weighted by Gasteiger charge is 1.99. The molecule has 0 spiro atoms. The van der Waals surface area contributed by atoms with Gasteiger partial charge in [-0.3, -0.25) is 10.4 Å². The zero-order valence-corrected chi connectivity index (χ0v) is 9.02. The fraction of sp³-hybridized carbons (Fsp3) is 0.400. The highest BCUT2D eigenvalue weighted by Crippen LogP contribution is 2.17. The molecule has 0 aliphatic heterocycles. The van der Waals surface area contributed by atoms with E-state index in [1.807, 2.05) is 38.2 Å². The molecule has 0 amide bonds. The van der Waals surface area contributed by atoms with Crippen molar-refractivity contribution in [2.75, 3.05) is 14.1 Å². The third-order valence-electron chi connectivity index (χ3n) is 1.79. The zero-order chi connectivity index (χ0) is 9.84. The van der Waals surface area contributed by atoms with E-state index >= 15 is 0 Å². The lowest BCUT2D eigenvalue weighted by atomic mass is 10.1. The molecule has 2 nitrogen and oxygen atoms in total. The van der Waals surface area contributed by atoms with E-state index < -0.39 is 0 Å². The first-order chi connectivity index (χ1) is 6.09. The summed E-state index contributed by atoms with van der Waals surface area (Å²) >= 11 is 6.05. The second-order valence-corrected chi connectivity index (χ2v) is 3.73. The third-order valence-corrected chi connectivity index (χ3v) is 2.15. The number of hydrazine groups is 1. The summed E-state index contributed by atoms with van der Waals surface area (Å²) in [6.45, 7) is 2.81. The molecule has 0 bridgehead atoms. The molecular weight excluding hydrogens is 184 g/mol. The lowest BCUT2D eigenvalue weighted by molar-refractivity contribution is 0.286. The van der Waals surface area contributed by atoms with E-state index in [1.165, 1.54) is 5.56 Å². The smallest absolute Gasteiger partial charge is 0.0454 e. The maximum Gasteiger partial charge on any atom is 0.0454 e. The Morgan fingerprint density at radius 3 is 2.62 bits per heavy atom. The normalized spacial score (nSPS) is 10.8. The van der Waals surface area contributed by atoms with Crippen molar-refractivity contribution in [3.8, 4) is 0 Å². The summed E-state index contributed by atoms with van der Waals surface area (Å²) in [6, 6.07) is 6.10. The minimum Gasteiger partial charge on any atom is -0.251 e. The summed E-state index contributed by atoms with van der Waals surface area (Å²) in [7, 11) is 3.92. The second kappa shape index (κ2) is 4.61. The van der Waals surface area contributed by atoms with Crippen LogP contribution >= 0.6 is 11.6 Å². The highest BCUT2D eigenvalue weighted by atomic mass is 35.5. The molecule has 3 heteroatoms. The Bertz CT molecular complexity index is 284. The maximum absolute atomic E-state index is 6.05. The molecule has 0 unspecified atom stereocenters. The van der Waals surface area contributed by atoms with Crippen LogP contribution in [0.3, 0.4) is 0 Å². The Labute approximate surface area is 84.5 Å². The van der Waals surface area contributed by atoms with E-state index in [4.69, 9.17) is 11.6 Å². The van der Waals surface area contributed by atoms with Gasteiger partial charge in [-0.1, -0.05) is 23.7 Å². The molecule has 1 rings (SSSR count). The second-order valence-electron chi connectivity index (χ2n) is 3.32. The molecule has 0 atom stereocenters. The van der Waals surface area contributed by atoms with Crippen molar-refractivity contribution in [3.63, 3.8) is 0 Å². The average molecular weight is 199 g/mol. The molecule has 13 heavy (non-hydrogen) atoms. The first kappa shape index (κ1) is 10.5. The Morgan fingerprint density at radius 2 is 2.08 bits per heavy atom. The van der Waals surface area contributed by atoms with Crippen molar-refractivity contribution >= 4 is 11.6 Å².